The zero-order valence-electron chi connectivity index (χ0n) is 33.9. The minimum atomic E-state index is -0.282. The van der Waals surface area contributed by atoms with Gasteiger partial charge in [0.25, 0.3) is 0 Å². The molecule has 2 aliphatic rings. The number of furan rings is 2. The van der Waals surface area contributed by atoms with Gasteiger partial charge in [-0.1, -0.05) is 125 Å². The van der Waals surface area contributed by atoms with Crippen LogP contribution in [0, 0.1) is 0 Å². The van der Waals surface area contributed by atoms with Gasteiger partial charge in [0.2, 0.25) is 0 Å². The van der Waals surface area contributed by atoms with Crippen LogP contribution in [0.4, 0.5) is 34.1 Å². The Morgan fingerprint density at radius 1 is 0.350 bits per heavy atom. The van der Waals surface area contributed by atoms with Crippen molar-refractivity contribution in [3.05, 3.63) is 192 Å². The number of benzene rings is 9. The van der Waals surface area contributed by atoms with Gasteiger partial charge in [-0.15, -0.1) is 0 Å². The van der Waals surface area contributed by atoms with E-state index < -0.39 is 0 Å². The first kappa shape index (κ1) is 33.6. The molecule has 0 spiro atoms. The van der Waals surface area contributed by atoms with Crippen molar-refractivity contribution >= 4 is 99.5 Å². The van der Waals surface area contributed by atoms with Gasteiger partial charge in [-0.05, 0) is 117 Å². The molecule has 4 nitrogen and oxygen atoms in total. The summed E-state index contributed by atoms with van der Waals surface area (Å²) in [5.41, 5.74) is 14.9. The van der Waals surface area contributed by atoms with Crippen LogP contribution in [0.3, 0.4) is 0 Å². The second kappa shape index (κ2) is 11.7. The van der Waals surface area contributed by atoms with E-state index in [0.29, 0.717) is 0 Å². The zero-order valence-corrected chi connectivity index (χ0v) is 33.9. The van der Waals surface area contributed by atoms with Gasteiger partial charge >= 0.3 is 0 Å². The third kappa shape index (κ3) is 4.40. The van der Waals surface area contributed by atoms with Gasteiger partial charge in [-0.2, -0.15) is 0 Å². The molecule has 0 fully saturated rings. The SMILES string of the molecule is CC1(C)c2cc3ccccc3cc2N(c2ccccc2)c2c1ccc1oc3cc4c(cc3c21)oc1ccc2c(c14)N(c1ccccc1)c1cc3ccccc3cc1C2(C)C. The highest BCUT2D eigenvalue weighted by molar-refractivity contribution is 6.22. The highest BCUT2D eigenvalue weighted by Crippen LogP contribution is 2.59. The van der Waals surface area contributed by atoms with E-state index in [9.17, 15) is 0 Å². The molecule has 2 aromatic heterocycles. The van der Waals surface area contributed by atoms with Gasteiger partial charge in [0.05, 0.1) is 33.5 Å². The fraction of sp³-hybridized carbons (Fsp3) is 0.107. The van der Waals surface area contributed by atoms with Crippen molar-refractivity contribution in [3.8, 4) is 0 Å². The number of hydrogen-bond acceptors (Lipinski definition) is 4. The van der Waals surface area contributed by atoms with Crippen LogP contribution in [0.15, 0.2) is 179 Å². The van der Waals surface area contributed by atoms with Crippen LogP contribution in [0.2, 0.25) is 0 Å². The summed E-state index contributed by atoms with van der Waals surface area (Å²) in [5.74, 6) is 0. The quantitative estimate of drug-likeness (QED) is 0.175. The molecule has 9 aromatic carbocycles. The van der Waals surface area contributed by atoms with E-state index >= 15 is 0 Å². The predicted molar refractivity (Wildman–Crippen MR) is 250 cm³/mol. The first-order valence-corrected chi connectivity index (χ1v) is 20.9. The average Bonchev–Trinajstić information content (AvgIpc) is 3.83. The minimum Gasteiger partial charge on any atom is -0.456 e. The Kier molecular flexibility index (Phi) is 6.55. The molecular formula is C56H40N2O2. The van der Waals surface area contributed by atoms with E-state index in [1.807, 2.05) is 0 Å². The van der Waals surface area contributed by atoms with E-state index in [-0.39, 0.29) is 10.8 Å². The summed E-state index contributed by atoms with van der Waals surface area (Å²) in [6.45, 7) is 9.43. The molecular weight excluding hydrogens is 733 g/mol. The van der Waals surface area contributed by atoms with Crippen molar-refractivity contribution in [3.63, 3.8) is 0 Å². The lowest BCUT2D eigenvalue weighted by atomic mass is 9.72. The van der Waals surface area contributed by atoms with Gasteiger partial charge in [0.1, 0.15) is 22.3 Å². The number of hydrogen-bond donors (Lipinski definition) is 0. The molecule has 60 heavy (non-hydrogen) atoms. The van der Waals surface area contributed by atoms with Crippen LogP contribution >= 0.6 is 0 Å². The molecule has 4 heterocycles. The van der Waals surface area contributed by atoms with E-state index in [1.165, 1.54) is 55.2 Å². The number of fused-ring (bicyclic) bond motifs is 14. The Morgan fingerprint density at radius 2 is 0.717 bits per heavy atom. The molecule has 0 radical (unpaired) electrons. The van der Waals surface area contributed by atoms with E-state index in [1.54, 1.807) is 0 Å². The summed E-state index contributed by atoms with van der Waals surface area (Å²) in [7, 11) is 0. The maximum atomic E-state index is 6.97. The Labute approximate surface area is 347 Å². The van der Waals surface area contributed by atoms with Crippen molar-refractivity contribution in [2.24, 2.45) is 0 Å². The molecule has 13 rings (SSSR count). The summed E-state index contributed by atoms with van der Waals surface area (Å²) in [6, 6.07) is 61.8. The second-order valence-corrected chi connectivity index (χ2v) is 17.7. The molecule has 4 heteroatoms. The van der Waals surface area contributed by atoms with Gasteiger partial charge in [-0.3, -0.25) is 0 Å². The van der Waals surface area contributed by atoms with Gasteiger partial charge < -0.3 is 18.6 Å². The summed E-state index contributed by atoms with van der Waals surface area (Å²) in [4.78, 5) is 4.92. The maximum Gasteiger partial charge on any atom is 0.137 e. The van der Waals surface area contributed by atoms with Gasteiger partial charge in [0, 0.05) is 33.0 Å². The molecule has 11 aromatic rings. The summed E-state index contributed by atoms with van der Waals surface area (Å²) >= 11 is 0. The smallest absolute Gasteiger partial charge is 0.137 e. The van der Waals surface area contributed by atoms with E-state index in [0.717, 1.165) is 66.6 Å². The molecule has 0 bridgehead atoms. The van der Waals surface area contributed by atoms with Gasteiger partial charge in [-0.25, -0.2) is 0 Å². The van der Waals surface area contributed by atoms with Crippen LogP contribution in [-0.2, 0) is 10.8 Å². The van der Waals surface area contributed by atoms with E-state index in [4.69, 9.17) is 8.83 Å². The van der Waals surface area contributed by atoms with Crippen LogP contribution in [0.25, 0.3) is 65.4 Å². The monoisotopic (exact) mass is 772 g/mol. The second-order valence-electron chi connectivity index (χ2n) is 17.7. The fourth-order valence-electron chi connectivity index (χ4n) is 10.7. The summed E-state index contributed by atoms with van der Waals surface area (Å²) in [6.07, 6.45) is 0. The maximum absolute atomic E-state index is 6.97. The van der Waals surface area contributed by atoms with Gasteiger partial charge in [0.15, 0.2) is 0 Å². The van der Waals surface area contributed by atoms with Crippen LogP contribution in [0.1, 0.15) is 49.9 Å². The third-order valence-corrected chi connectivity index (χ3v) is 13.7. The van der Waals surface area contributed by atoms with Crippen molar-refractivity contribution in [2.75, 3.05) is 9.80 Å². The highest BCUT2D eigenvalue weighted by Gasteiger charge is 2.41. The summed E-state index contributed by atoms with van der Waals surface area (Å²) < 4.78 is 13.9. The fourth-order valence-corrected chi connectivity index (χ4v) is 10.7. The topological polar surface area (TPSA) is 32.8 Å². The highest BCUT2D eigenvalue weighted by atomic mass is 16.3. The average molecular weight is 773 g/mol. The Balaban J connectivity index is 1.11. The van der Waals surface area contributed by atoms with Crippen LogP contribution < -0.4 is 9.80 Å². The van der Waals surface area contributed by atoms with Crippen LogP contribution in [-0.4, -0.2) is 0 Å². The lowest BCUT2D eigenvalue weighted by Gasteiger charge is -2.42. The molecule has 0 N–H and O–H groups in total. The molecule has 0 saturated carbocycles. The molecule has 0 atom stereocenters. The van der Waals surface area contributed by atoms with Crippen molar-refractivity contribution in [1.29, 1.82) is 0 Å². The lowest BCUT2D eigenvalue weighted by molar-refractivity contribution is 0.631. The van der Waals surface area contributed by atoms with Crippen molar-refractivity contribution < 1.29 is 8.83 Å². The predicted octanol–water partition coefficient (Wildman–Crippen LogP) is 16.0. The Morgan fingerprint density at radius 3 is 1.12 bits per heavy atom. The number of rotatable bonds is 2. The molecule has 286 valence electrons. The Bertz CT molecular complexity index is 3370. The van der Waals surface area contributed by atoms with Crippen LogP contribution in [0.5, 0.6) is 0 Å². The minimum absolute atomic E-state index is 0.282. The Hall–Kier alpha value is -7.30. The normalized spacial score (nSPS) is 15.2. The number of nitrogens with zero attached hydrogens (tertiary/aromatic N) is 2. The first-order valence-electron chi connectivity index (χ1n) is 20.9. The first-order chi connectivity index (χ1) is 29.3. The van der Waals surface area contributed by atoms with Crippen molar-refractivity contribution in [1.82, 2.24) is 0 Å². The lowest BCUT2D eigenvalue weighted by Crippen LogP contribution is -2.30. The molecule has 0 saturated heterocycles. The largest absolute Gasteiger partial charge is 0.456 e. The molecule has 0 amide bonds. The zero-order chi connectivity index (χ0) is 40.1. The van der Waals surface area contributed by atoms with E-state index in [2.05, 4.69) is 207 Å². The standard InChI is InChI=1S/C56H40N2O2/c1-55(2)41-23-25-47-51(53(41)57(37-19-7-5-8-20-37)45-29-35-17-13-11-15-33(35)27-43(45)55)39-31-50-40(32-49(39)59-47)52-48(60-50)26-24-42-54(52)58(38-21-9-6-10-22-38)46-30-36-18-14-12-16-34(36)28-44(46)56(42,3)4/h5-32H,1-4H3. The third-order valence-electron chi connectivity index (χ3n) is 13.7. The molecule has 2 aliphatic heterocycles. The molecule has 0 aliphatic carbocycles. The number of anilines is 6. The molecule has 0 unspecified atom stereocenters. The number of para-hydroxylation sites is 2. The van der Waals surface area contributed by atoms with Crippen molar-refractivity contribution in [2.45, 2.75) is 38.5 Å². The summed E-state index contributed by atoms with van der Waals surface area (Å²) in [5, 5.41) is 9.20.